The second-order valence-corrected chi connectivity index (χ2v) is 6.10. The van der Waals surface area contributed by atoms with Gasteiger partial charge in [0.15, 0.2) is 0 Å². The van der Waals surface area contributed by atoms with Crippen molar-refractivity contribution in [1.29, 1.82) is 0 Å². The van der Waals surface area contributed by atoms with Crippen molar-refractivity contribution in [2.75, 3.05) is 5.32 Å². The van der Waals surface area contributed by atoms with Crippen molar-refractivity contribution < 1.29 is 9.59 Å². The van der Waals surface area contributed by atoms with Crippen molar-refractivity contribution in [2.24, 2.45) is 5.92 Å². The zero-order valence-corrected chi connectivity index (χ0v) is 13.2. The molecule has 1 saturated carbocycles. The van der Waals surface area contributed by atoms with E-state index < -0.39 is 6.04 Å². The molecule has 0 heterocycles. The minimum atomic E-state index is -0.484. The van der Waals surface area contributed by atoms with E-state index in [-0.39, 0.29) is 17.7 Å². The van der Waals surface area contributed by atoms with Crippen molar-refractivity contribution in [3.8, 4) is 0 Å². The Morgan fingerprint density at radius 2 is 1.95 bits per heavy atom. The standard InChI is InChI=1S/C16H21ClN2O2/c1-10-7-8-14(13(17)9-10)19-16(21)15(18-11(2)20)12-5-3-4-6-12/h7-9,12,15H,3-6H2,1-2H3,(H,18,20)(H,19,21). The molecule has 0 bridgehead atoms. The second-order valence-electron chi connectivity index (χ2n) is 5.70. The minimum absolute atomic E-state index is 0.183. The number of carbonyl (C=O) groups is 2. The normalized spacial score (nSPS) is 16.5. The van der Waals surface area contributed by atoms with E-state index in [1.54, 1.807) is 12.1 Å². The van der Waals surface area contributed by atoms with E-state index in [1.165, 1.54) is 6.92 Å². The molecule has 1 fully saturated rings. The summed E-state index contributed by atoms with van der Waals surface area (Å²) in [5, 5.41) is 6.12. The summed E-state index contributed by atoms with van der Waals surface area (Å²) >= 11 is 6.14. The van der Waals surface area contributed by atoms with Gasteiger partial charge in [0, 0.05) is 6.92 Å². The highest BCUT2D eigenvalue weighted by molar-refractivity contribution is 6.33. The molecule has 5 heteroatoms. The highest BCUT2D eigenvalue weighted by atomic mass is 35.5. The molecule has 0 aromatic heterocycles. The van der Waals surface area contributed by atoms with E-state index in [0.717, 1.165) is 31.2 Å². The predicted molar refractivity (Wildman–Crippen MR) is 84.4 cm³/mol. The molecule has 1 aliphatic rings. The van der Waals surface area contributed by atoms with E-state index in [9.17, 15) is 9.59 Å². The van der Waals surface area contributed by atoms with Crippen molar-refractivity contribution in [3.63, 3.8) is 0 Å². The largest absolute Gasteiger partial charge is 0.344 e. The van der Waals surface area contributed by atoms with Gasteiger partial charge in [-0.3, -0.25) is 9.59 Å². The summed E-state index contributed by atoms with van der Waals surface area (Å²) < 4.78 is 0. The Kier molecular flexibility index (Phi) is 5.23. The number of nitrogens with one attached hydrogen (secondary N) is 2. The number of rotatable bonds is 4. The number of hydrogen-bond donors (Lipinski definition) is 2. The van der Waals surface area contributed by atoms with Crippen LogP contribution in [0.3, 0.4) is 0 Å². The zero-order valence-electron chi connectivity index (χ0n) is 12.4. The lowest BCUT2D eigenvalue weighted by molar-refractivity contribution is -0.126. The number of aryl methyl sites for hydroxylation is 1. The molecule has 0 spiro atoms. The molecule has 0 saturated heterocycles. The van der Waals surface area contributed by atoms with E-state index >= 15 is 0 Å². The number of benzene rings is 1. The van der Waals surface area contributed by atoms with E-state index in [1.807, 2.05) is 13.0 Å². The van der Waals surface area contributed by atoms with Crippen LogP contribution in [0.15, 0.2) is 18.2 Å². The molecule has 114 valence electrons. The van der Waals surface area contributed by atoms with Crippen molar-refractivity contribution in [1.82, 2.24) is 5.32 Å². The van der Waals surface area contributed by atoms with E-state index in [4.69, 9.17) is 11.6 Å². The molecule has 2 amide bonds. The molecule has 1 aromatic carbocycles. The molecule has 4 nitrogen and oxygen atoms in total. The average Bonchev–Trinajstić information content (AvgIpc) is 2.92. The highest BCUT2D eigenvalue weighted by Crippen LogP contribution is 2.29. The quantitative estimate of drug-likeness (QED) is 0.896. The van der Waals surface area contributed by atoms with Gasteiger partial charge in [0.25, 0.3) is 0 Å². The first-order valence-corrected chi connectivity index (χ1v) is 7.69. The Hall–Kier alpha value is -1.55. The van der Waals surface area contributed by atoms with Crippen LogP contribution in [-0.2, 0) is 9.59 Å². The topological polar surface area (TPSA) is 58.2 Å². The van der Waals surface area contributed by atoms with Gasteiger partial charge in [-0.15, -0.1) is 0 Å². The minimum Gasteiger partial charge on any atom is -0.344 e. The van der Waals surface area contributed by atoms with Gasteiger partial charge in [-0.1, -0.05) is 30.5 Å². The molecule has 0 aliphatic heterocycles. The van der Waals surface area contributed by atoms with Gasteiger partial charge in [-0.25, -0.2) is 0 Å². The molecule has 2 rings (SSSR count). The van der Waals surface area contributed by atoms with Crippen molar-refractivity contribution in [2.45, 2.75) is 45.6 Å². The highest BCUT2D eigenvalue weighted by Gasteiger charge is 2.31. The van der Waals surface area contributed by atoms with Crippen LogP contribution in [0.5, 0.6) is 0 Å². The van der Waals surface area contributed by atoms with Gasteiger partial charge < -0.3 is 10.6 Å². The van der Waals surface area contributed by atoms with Gasteiger partial charge in [0.1, 0.15) is 6.04 Å². The number of amides is 2. The van der Waals surface area contributed by atoms with Gasteiger partial charge in [-0.05, 0) is 43.4 Å². The second kappa shape index (κ2) is 6.94. The monoisotopic (exact) mass is 308 g/mol. The molecule has 0 radical (unpaired) electrons. The third-order valence-electron chi connectivity index (χ3n) is 3.89. The van der Waals surface area contributed by atoms with Crippen molar-refractivity contribution >= 4 is 29.1 Å². The fourth-order valence-electron chi connectivity index (χ4n) is 2.84. The summed E-state index contributed by atoms with van der Waals surface area (Å²) in [6.07, 6.45) is 4.17. The molecule has 1 atom stereocenters. The molecule has 21 heavy (non-hydrogen) atoms. The smallest absolute Gasteiger partial charge is 0.247 e. The first-order valence-electron chi connectivity index (χ1n) is 7.31. The maximum absolute atomic E-state index is 12.5. The third kappa shape index (κ3) is 4.21. The fraction of sp³-hybridized carbons (Fsp3) is 0.500. The Morgan fingerprint density at radius 1 is 1.29 bits per heavy atom. The molecule has 1 aromatic rings. The number of anilines is 1. The lowest BCUT2D eigenvalue weighted by Crippen LogP contribution is -2.47. The van der Waals surface area contributed by atoms with Crippen LogP contribution >= 0.6 is 11.6 Å². The Balaban J connectivity index is 2.11. The van der Waals surface area contributed by atoms with Crippen LogP contribution in [0.2, 0.25) is 5.02 Å². The summed E-state index contributed by atoms with van der Waals surface area (Å²) in [4.78, 5) is 23.8. The summed E-state index contributed by atoms with van der Waals surface area (Å²) in [6, 6.07) is 5.00. The SMILES string of the molecule is CC(=O)NC(C(=O)Nc1ccc(C)cc1Cl)C1CCCC1. The first-order chi connectivity index (χ1) is 9.97. The van der Waals surface area contributed by atoms with Crippen LogP contribution < -0.4 is 10.6 Å². The Morgan fingerprint density at radius 3 is 2.52 bits per heavy atom. The first kappa shape index (κ1) is 15.8. The summed E-state index contributed by atoms with van der Waals surface area (Å²) in [6.45, 7) is 3.38. The average molecular weight is 309 g/mol. The molecule has 1 aliphatic carbocycles. The number of carbonyl (C=O) groups excluding carboxylic acids is 2. The van der Waals surface area contributed by atoms with Crippen LogP contribution in [-0.4, -0.2) is 17.9 Å². The molecular formula is C16H21ClN2O2. The van der Waals surface area contributed by atoms with Crippen LogP contribution in [0.25, 0.3) is 0 Å². The molecule has 1 unspecified atom stereocenters. The number of halogens is 1. The fourth-order valence-corrected chi connectivity index (χ4v) is 3.12. The molecular weight excluding hydrogens is 288 g/mol. The zero-order chi connectivity index (χ0) is 15.4. The summed E-state index contributed by atoms with van der Waals surface area (Å²) in [7, 11) is 0. The van der Waals surface area contributed by atoms with Crippen LogP contribution in [0.4, 0.5) is 5.69 Å². The van der Waals surface area contributed by atoms with E-state index in [0.29, 0.717) is 10.7 Å². The lowest BCUT2D eigenvalue weighted by atomic mass is 9.97. The van der Waals surface area contributed by atoms with Crippen molar-refractivity contribution in [3.05, 3.63) is 28.8 Å². The van der Waals surface area contributed by atoms with Gasteiger partial charge in [0.2, 0.25) is 11.8 Å². The number of hydrogen-bond acceptors (Lipinski definition) is 2. The molecule has 2 N–H and O–H groups in total. The Labute approximate surface area is 130 Å². The van der Waals surface area contributed by atoms with Gasteiger partial charge >= 0.3 is 0 Å². The van der Waals surface area contributed by atoms with Gasteiger partial charge in [0.05, 0.1) is 10.7 Å². The summed E-state index contributed by atoms with van der Waals surface area (Å²) in [5.41, 5.74) is 1.62. The Bertz CT molecular complexity index is 539. The maximum Gasteiger partial charge on any atom is 0.247 e. The van der Waals surface area contributed by atoms with Crippen LogP contribution in [0.1, 0.15) is 38.2 Å². The van der Waals surface area contributed by atoms with Gasteiger partial charge in [-0.2, -0.15) is 0 Å². The summed E-state index contributed by atoms with van der Waals surface area (Å²) in [5.74, 6) is -0.168. The van der Waals surface area contributed by atoms with E-state index in [2.05, 4.69) is 10.6 Å². The third-order valence-corrected chi connectivity index (χ3v) is 4.21. The predicted octanol–water partition coefficient (Wildman–Crippen LogP) is 3.28. The van der Waals surface area contributed by atoms with Crippen LogP contribution in [0, 0.1) is 12.8 Å². The maximum atomic E-state index is 12.5. The lowest BCUT2D eigenvalue weighted by Gasteiger charge is -2.23.